The summed E-state index contributed by atoms with van der Waals surface area (Å²) in [4.78, 5) is 9.97. The van der Waals surface area contributed by atoms with E-state index in [9.17, 15) is 18.5 Å². The van der Waals surface area contributed by atoms with E-state index in [2.05, 4.69) is 0 Å². The average Bonchev–Trinajstić information content (AvgIpc) is 3.04. The van der Waals surface area contributed by atoms with Crippen LogP contribution in [-0.2, 0) is 25.5 Å². The minimum Gasteiger partial charge on any atom is -0.493 e. The largest absolute Gasteiger partial charge is 0.493 e. The summed E-state index contributed by atoms with van der Waals surface area (Å²) in [6, 6.07) is 6.48. The van der Waals surface area contributed by atoms with Crippen molar-refractivity contribution in [2.24, 2.45) is 0 Å². The number of nitro groups is 1. The van der Waals surface area contributed by atoms with Gasteiger partial charge in [0, 0.05) is 17.7 Å². The van der Waals surface area contributed by atoms with E-state index in [1.807, 2.05) is 6.07 Å². The first-order valence-electron chi connectivity index (χ1n) is 10.5. The van der Waals surface area contributed by atoms with Gasteiger partial charge in [-0.2, -0.15) is 20.2 Å². The second-order valence-corrected chi connectivity index (χ2v) is 10.2. The molecule has 0 spiro atoms. The molecular weight excluding hydrogens is 486 g/mol. The van der Waals surface area contributed by atoms with Crippen LogP contribution in [0.4, 0.5) is 5.69 Å². The standard InChI is InChI=1S/C22H27NO9S2/c1-28-18-13-15-5-4-12-33-19(20(15)22(30-3)21(18)29-2)14-31-10-11-32-34(26,27)17-8-6-16(7-9-17)23(24)25/h6-9,13,19H,4-5,10-12,14H2,1-3H3. The highest BCUT2D eigenvalue weighted by Crippen LogP contribution is 2.49. The van der Waals surface area contributed by atoms with Crippen LogP contribution in [0.5, 0.6) is 17.2 Å². The van der Waals surface area contributed by atoms with Gasteiger partial charge in [0.25, 0.3) is 15.8 Å². The Morgan fingerprint density at radius 2 is 1.76 bits per heavy atom. The lowest BCUT2D eigenvalue weighted by Crippen LogP contribution is -2.15. The van der Waals surface area contributed by atoms with Crippen LogP contribution in [0.3, 0.4) is 0 Å². The third-order valence-corrected chi connectivity index (χ3v) is 7.88. The number of methoxy groups -OCH3 is 3. The summed E-state index contributed by atoms with van der Waals surface area (Å²) >= 11 is 1.74. The lowest BCUT2D eigenvalue weighted by molar-refractivity contribution is -0.384. The van der Waals surface area contributed by atoms with Gasteiger partial charge in [0.05, 0.1) is 56.2 Å². The molecule has 1 unspecified atom stereocenters. The van der Waals surface area contributed by atoms with Crippen LogP contribution in [0.25, 0.3) is 0 Å². The summed E-state index contributed by atoms with van der Waals surface area (Å²) in [5.74, 6) is 2.67. The van der Waals surface area contributed by atoms with Gasteiger partial charge in [0.15, 0.2) is 11.5 Å². The van der Waals surface area contributed by atoms with E-state index in [0.717, 1.165) is 54.0 Å². The molecule has 3 rings (SSSR count). The molecule has 186 valence electrons. The van der Waals surface area contributed by atoms with Gasteiger partial charge in [-0.05, 0) is 42.4 Å². The number of nitrogens with zero attached hydrogens (tertiary/aromatic N) is 1. The summed E-state index contributed by atoms with van der Waals surface area (Å²) in [5, 5.41) is 10.7. The summed E-state index contributed by atoms with van der Waals surface area (Å²) in [6.07, 6.45) is 1.86. The maximum absolute atomic E-state index is 12.3. The molecule has 0 aliphatic carbocycles. The molecule has 0 saturated carbocycles. The maximum atomic E-state index is 12.3. The molecule has 34 heavy (non-hydrogen) atoms. The Morgan fingerprint density at radius 1 is 1.06 bits per heavy atom. The van der Waals surface area contributed by atoms with E-state index < -0.39 is 15.0 Å². The van der Waals surface area contributed by atoms with Crippen molar-refractivity contribution in [2.75, 3.05) is 46.9 Å². The van der Waals surface area contributed by atoms with Crippen LogP contribution < -0.4 is 14.2 Å². The number of hydrogen-bond acceptors (Lipinski definition) is 10. The fourth-order valence-electron chi connectivity index (χ4n) is 3.69. The van der Waals surface area contributed by atoms with Gasteiger partial charge in [-0.25, -0.2) is 0 Å². The van der Waals surface area contributed by atoms with Crippen LogP contribution in [-0.4, -0.2) is 60.2 Å². The molecule has 0 saturated heterocycles. The predicted molar refractivity (Wildman–Crippen MR) is 127 cm³/mol. The van der Waals surface area contributed by atoms with Crippen molar-refractivity contribution in [3.05, 3.63) is 51.6 Å². The zero-order valence-corrected chi connectivity index (χ0v) is 20.8. The topological polar surface area (TPSA) is 123 Å². The van der Waals surface area contributed by atoms with Crippen LogP contribution >= 0.6 is 11.8 Å². The number of ether oxygens (including phenoxy) is 4. The normalized spacial score (nSPS) is 15.8. The first kappa shape index (κ1) is 26.1. The van der Waals surface area contributed by atoms with Gasteiger partial charge in [0.1, 0.15) is 0 Å². The van der Waals surface area contributed by atoms with E-state index in [1.165, 1.54) is 0 Å². The quantitative estimate of drug-likeness (QED) is 0.190. The molecular formula is C22H27NO9S2. The van der Waals surface area contributed by atoms with Gasteiger partial charge in [0.2, 0.25) is 5.75 Å². The lowest BCUT2D eigenvalue weighted by atomic mass is 9.98. The Kier molecular flexibility index (Phi) is 9.00. The van der Waals surface area contributed by atoms with Crippen molar-refractivity contribution >= 4 is 27.6 Å². The van der Waals surface area contributed by atoms with Crippen molar-refractivity contribution in [3.8, 4) is 17.2 Å². The predicted octanol–water partition coefficient (Wildman–Crippen LogP) is 3.76. The number of non-ortho nitro benzene ring substituents is 1. The number of aryl methyl sites for hydroxylation is 1. The monoisotopic (exact) mass is 513 g/mol. The van der Waals surface area contributed by atoms with Crippen LogP contribution in [0.2, 0.25) is 0 Å². The Labute approximate surface area is 202 Å². The Hall–Kier alpha value is -2.54. The molecule has 2 aromatic rings. The smallest absolute Gasteiger partial charge is 0.297 e. The molecule has 1 aliphatic heterocycles. The van der Waals surface area contributed by atoms with Gasteiger partial charge < -0.3 is 18.9 Å². The number of fused-ring (bicyclic) bond motifs is 1. The maximum Gasteiger partial charge on any atom is 0.297 e. The number of rotatable bonds is 11. The zero-order valence-electron chi connectivity index (χ0n) is 19.1. The van der Waals surface area contributed by atoms with E-state index in [4.69, 9.17) is 23.1 Å². The van der Waals surface area contributed by atoms with Crippen LogP contribution in [0.1, 0.15) is 22.8 Å². The summed E-state index contributed by atoms with van der Waals surface area (Å²) in [5.41, 5.74) is 1.89. The zero-order chi connectivity index (χ0) is 24.7. The molecule has 0 amide bonds. The highest BCUT2D eigenvalue weighted by Gasteiger charge is 2.28. The van der Waals surface area contributed by atoms with Gasteiger partial charge in [-0.1, -0.05) is 0 Å². The second kappa shape index (κ2) is 11.7. The van der Waals surface area contributed by atoms with Gasteiger partial charge >= 0.3 is 0 Å². The molecule has 0 radical (unpaired) electrons. The Morgan fingerprint density at radius 3 is 2.38 bits per heavy atom. The third kappa shape index (κ3) is 5.93. The van der Waals surface area contributed by atoms with E-state index in [-0.39, 0.29) is 29.0 Å². The Balaban J connectivity index is 1.64. The molecule has 0 aromatic heterocycles. The molecule has 0 bridgehead atoms. The first-order chi connectivity index (χ1) is 16.3. The number of nitro benzene ring substituents is 1. The summed E-state index contributed by atoms with van der Waals surface area (Å²) in [6.45, 7) is 0.186. The average molecular weight is 514 g/mol. The van der Waals surface area contributed by atoms with Crippen molar-refractivity contribution in [2.45, 2.75) is 23.0 Å². The lowest BCUT2D eigenvalue weighted by Gasteiger charge is -2.23. The Bertz CT molecular complexity index is 1100. The molecule has 2 aromatic carbocycles. The number of thioether (sulfide) groups is 1. The molecule has 0 fully saturated rings. The minimum absolute atomic E-state index is 0.0430. The summed E-state index contributed by atoms with van der Waals surface area (Å²) in [7, 11) is 0.681. The molecule has 1 heterocycles. The number of benzene rings is 2. The van der Waals surface area contributed by atoms with E-state index in [1.54, 1.807) is 33.1 Å². The van der Waals surface area contributed by atoms with Gasteiger partial charge in [-0.3, -0.25) is 14.3 Å². The van der Waals surface area contributed by atoms with E-state index >= 15 is 0 Å². The highest BCUT2D eigenvalue weighted by atomic mass is 32.2. The van der Waals surface area contributed by atoms with Crippen molar-refractivity contribution in [1.29, 1.82) is 0 Å². The SMILES string of the molecule is COc1cc2c(c(OC)c1OC)C(COCCOS(=O)(=O)c1ccc([N+](=O)[O-])cc1)SCCC2. The van der Waals surface area contributed by atoms with E-state index in [0.29, 0.717) is 23.9 Å². The van der Waals surface area contributed by atoms with Gasteiger partial charge in [-0.15, -0.1) is 0 Å². The highest BCUT2D eigenvalue weighted by molar-refractivity contribution is 7.99. The summed E-state index contributed by atoms with van der Waals surface area (Å²) < 4.78 is 52.1. The fourth-order valence-corrected chi connectivity index (χ4v) is 5.79. The van der Waals surface area contributed by atoms with Crippen molar-refractivity contribution in [3.63, 3.8) is 0 Å². The molecule has 12 heteroatoms. The number of hydrogen-bond donors (Lipinski definition) is 0. The third-order valence-electron chi connectivity index (χ3n) is 5.26. The van der Waals surface area contributed by atoms with Crippen LogP contribution in [0, 0.1) is 10.1 Å². The van der Waals surface area contributed by atoms with Crippen LogP contribution in [0.15, 0.2) is 35.2 Å². The van der Waals surface area contributed by atoms with Crippen molar-refractivity contribution < 1.29 is 36.5 Å². The molecule has 10 nitrogen and oxygen atoms in total. The molecule has 1 aliphatic rings. The fraction of sp³-hybridized carbons (Fsp3) is 0.455. The minimum atomic E-state index is -4.05. The van der Waals surface area contributed by atoms with Crippen molar-refractivity contribution in [1.82, 2.24) is 0 Å². The second-order valence-electron chi connectivity index (χ2n) is 7.28. The molecule has 0 N–H and O–H groups in total. The molecule has 1 atom stereocenters. The first-order valence-corrected chi connectivity index (χ1v) is 12.9.